The van der Waals surface area contributed by atoms with Gasteiger partial charge in [-0.05, 0) is 57.0 Å². The van der Waals surface area contributed by atoms with Crippen LogP contribution in [0.25, 0.3) is 11.0 Å². The Morgan fingerprint density at radius 1 is 1.05 bits per heavy atom. The van der Waals surface area contributed by atoms with Gasteiger partial charge in [-0.1, -0.05) is 46.3 Å². The Balaban J connectivity index is 1.22. The zero-order chi connectivity index (χ0) is 30.7. The highest BCUT2D eigenvalue weighted by Crippen LogP contribution is 2.22. The van der Waals surface area contributed by atoms with Gasteiger partial charge >= 0.3 is 6.09 Å². The molecule has 1 aliphatic rings. The maximum Gasteiger partial charge on any atom is 0.410 e. The van der Waals surface area contributed by atoms with Gasteiger partial charge in [0.15, 0.2) is 0 Å². The average molecular weight is 652 g/mol. The Kier molecular flexibility index (Phi) is 9.12. The first-order chi connectivity index (χ1) is 20.4. The van der Waals surface area contributed by atoms with E-state index in [0.717, 1.165) is 25.2 Å². The van der Waals surface area contributed by atoms with E-state index in [1.165, 1.54) is 22.3 Å². The van der Waals surface area contributed by atoms with Crippen molar-refractivity contribution in [2.24, 2.45) is 0 Å². The van der Waals surface area contributed by atoms with Crippen LogP contribution in [0.2, 0.25) is 0 Å². The van der Waals surface area contributed by atoms with Gasteiger partial charge in [-0.2, -0.15) is 4.98 Å². The van der Waals surface area contributed by atoms with E-state index in [1.807, 2.05) is 27.7 Å². The number of rotatable bonds is 7. The van der Waals surface area contributed by atoms with Crippen molar-refractivity contribution >= 4 is 39.0 Å². The molecule has 1 fully saturated rings. The molecule has 1 aliphatic heterocycles. The number of fused-ring (bicyclic) bond motifs is 1. The summed E-state index contributed by atoms with van der Waals surface area (Å²) in [6.45, 7) is 11.4. The smallest absolute Gasteiger partial charge is 0.410 e. The SMILES string of the molecule is CC(Nc1ncc2ccc(=O)n(Cc3ccc(Br)cc3F)c2n1)c1ccc(CN2CCN(C(=O)OC(C)(C)C)CC2)cc1. The van der Waals surface area contributed by atoms with E-state index in [4.69, 9.17) is 4.74 Å². The number of aromatic nitrogens is 3. The summed E-state index contributed by atoms with van der Waals surface area (Å²) >= 11 is 3.27. The van der Waals surface area contributed by atoms with Crippen molar-refractivity contribution in [2.75, 3.05) is 31.5 Å². The molecule has 11 heteroatoms. The zero-order valence-electron chi connectivity index (χ0n) is 24.8. The van der Waals surface area contributed by atoms with Crippen LogP contribution in [-0.2, 0) is 17.8 Å². The third-order valence-corrected chi connectivity index (χ3v) is 7.82. The summed E-state index contributed by atoms with van der Waals surface area (Å²) in [5.41, 5.74) is 2.31. The van der Waals surface area contributed by atoms with Crippen molar-refractivity contribution in [1.82, 2.24) is 24.3 Å². The van der Waals surface area contributed by atoms with Crippen LogP contribution < -0.4 is 10.9 Å². The molecular formula is C32H36BrFN6O3. The highest BCUT2D eigenvalue weighted by molar-refractivity contribution is 9.10. The first kappa shape index (κ1) is 30.6. The van der Waals surface area contributed by atoms with Crippen LogP contribution in [0.4, 0.5) is 15.1 Å². The number of carbonyl (C=O) groups excluding carboxylic acids is 1. The lowest BCUT2D eigenvalue weighted by Crippen LogP contribution is -2.49. The minimum absolute atomic E-state index is 0.0544. The van der Waals surface area contributed by atoms with Crippen LogP contribution >= 0.6 is 15.9 Å². The Morgan fingerprint density at radius 3 is 2.44 bits per heavy atom. The molecule has 2 aromatic carbocycles. The minimum Gasteiger partial charge on any atom is -0.444 e. The standard InChI is InChI=1S/C32H36BrFN6O3/c1-21(23-7-5-22(6-8-23)19-38-13-15-39(16-14-38)31(42)43-32(2,3)4)36-30-35-18-24-10-12-28(41)40(29(24)37-30)20-25-9-11-26(33)17-27(25)34/h5-12,17-18,21H,13-16,19-20H2,1-4H3,(H,35,36,37). The maximum atomic E-state index is 14.5. The monoisotopic (exact) mass is 650 g/mol. The Bertz CT molecular complexity index is 1660. The predicted octanol–water partition coefficient (Wildman–Crippen LogP) is 5.97. The minimum atomic E-state index is -0.494. The normalized spacial score (nSPS) is 15.0. The lowest BCUT2D eigenvalue weighted by Gasteiger charge is -2.35. The van der Waals surface area contributed by atoms with Crippen LogP contribution in [0, 0.1) is 5.82 Å². The van der Waals surface area contributed by atoms with Gasteiger partial charge in [0.1, 0.15) is 17.1 Å². The Hall–Kier alpha value is -3.83. The molecule has 0 bridgehead atoms. The molecule has 9 nitrogen and oxygen atoms in total. The van der Waals surface area contributed by atoms with E-state index in [-0.39, 0.29) is 24.2 Å². The van der Waals surface area contributed by atoms with Crippen molar-refractivity contribution in [2.45, 2.75) is 52.4 Å². The third-order valence-electron chi connectivity index (χ3n) is 7.32. The second-order valence-corrected chi connectivity index (χ2v) is 12.7. The van der Waals surface area contributed by atoms with E-state index < -0.39 is 11.4 Å². The van der Waals surface area contributed by atoms with E-state index in [2.05, 4.69) is 60.4 Å². The fourth-order valence-corrected chi connectivity index (χ4v) is 5.31. The number of hydrogen-bond acceptors (Lipinski definition) is 7. The van der Waals surface area contributed by atoms with Crippen LogP contribution in [0.1, 0.15) is 50.4 Å². The van der Waals surface area contributed by atoms with Crippen molar-refractivity contribution in [3.8, 4) is 0 Å². The molecule has 0 aliphatic carbocycles. The number of halogens is 2. The van der Waals surface area contributed by atoms with Gasteiger partial charge in [0, 0.05) is 60.4 Å². The van der Waals surface area contributed by atoms with Crippen LogP contribution in [0.3, 0.4) is 0 Å². The number of anilines is 1. The van der Waals surface area contributed by atoms with Crippen LogP contribution in [0.15, 0.2) is 70.1 Å². The van der Waals surface area contributed by atoms with Crippen molar-refractivity contribution in [1.29, 1.82) is 0 Å². The summed E-state index contributed by atoms with van der Waals surface area (Å²) < 4.78 is 22.1. The maximum absolute atomic E-state index is 14.5. The molecule has 5 rings (SSSR count). The number of pyridine rings is 1. The van der Waals surface area contributed by atoms with Gasteiger partial charge in [-0.15, -0.1) is 0 Å². The molecule has 1 N–H and O–H groups in total. The fraction of sp³-hybridized carbons (Fsp3) is 0.375. The topological polar surface area (TPSA) is 92.6 Å². The molecule has 1 saturated heterocycles. The molecule has 0 spiro atoms. The first-order valence-electron chi connectivity index (χ1n) is 14.3. The fourth-order valence-electron chi connectivity index (χ4n) is 4.98. The summed E-state index contributed by atoms with van der Waals surface area (Å²) in [5, 5.41) is 4.02. The van der Waals surface area contributed by atoms with Crippen molar-refractivity contribution < 1.29 is 13.9 Å². The van der Waals surface area contributed by atoms with E-state index in [1.54, 1.807) is 29.3 Å². The highest BCUT2D eigenvalue weighted by Gasteiger charge is 2.26. The predicted molar refractivity (Wildman–Crippen MR) is 169 cm³/mol. The molecule has 1 unspecified atom stereocenters. The molecule has 0 radical (unpaired) electrons. The number of benzene rings is 2. The molecule has 3 heterocycles. The molecule has 4 aromatic rings. The lowest BCUT2D eigenvalue weighted by atomic mass is 10.1. The van der Waals surface area contributed by atoms with Crippen molar-refractivity contribution in [3.63, 3.8) is 0 Å². The molecule has 0 saturated carbocycles. The third kappa shape index (κ3) is 7.77. The van der Waals surface area contributed by atoms with Gasteiger partial charge < -0.3 is 15.0 Å². The van der Waals surface area contributed by atoms with E-state index in [0.29, 0.717) is 40.1 Å². The van der Waals surface area contributed by atoms with Gasteiger partial charge in [0.25, 0.3) is 5.56 Å². The number of nitrogens with zero attached hydrogens (tertiary/aromatic N) is 5. The van der Waals surface area contributed by atoms with E-state index >= 15 is 0 Å². The second-order valence-electron chi connectivity index (χ2n) is 11.8. The lowest BCUT2D eigenvalue weighted by molar-refractivity contribution is 0.0139. The molecule has 43 heavy (non-hydrogen) atoms. The molecule has 226 valence electrons. The number of hydrogen-bond donors (Lipinski definition) is 1. The summed E-state index contributed by atoms with van der Waals surface area (Å²) in [5.74, 6) is -0.0200. The highest BCUT2D eigenvalue weighted by atomic mass is 79.9. The summed E-state index contributed by atoms with van der Waals surface area (Å²) in [6, 6.07) is 16.2. The number of piperazine rings is 1. The Labute approximate surface area is 258 Å². The van der Waals surface area contributed by atoms with Crippen LogP contribution in [0.5, 0.6) is 0 Å². The first-order valence-corrected chi connectivity index (χ1v) is 15.1. The quantitative estimate of drug-likeness (QED) is 0.264. The van der Waals surface area contributed by atoms with Gasteiger partial charge in [-0.25, -0.2) is 14.2 Å². The van der Waals surface area contributed by atoms with Gasteiger partial charge in [0.2, 0.25) is 5.95 Å². The number of amides is 1. The Morgan fingerprint density at radius 2 is 1.77 bits per heavy atom. The van der Waals surface area contributed by atoms with Crippen LogP contribution in [-0.4, -0.2) is 62.2 Å². The average Bonchev–Trinajstić information content (AvgIpc) is 2.95. The molecule has 1 amide bonds. The largest absolute Gasteiger partial charge is 0.444 e. The zero-order valence-corrected chi connectivity index (χ0v) is 26.4. The molecular weight excluding hydrogens is 615 g/mol. The summed E-state index contributed by atoms with van der Waals surface area (Å²) in [4.78, 5) is 38.3. The van der Waals surface area contributed by atoms with Gasteiger partial charge in [0.05, 0.1) is 12.6 Å². The van der Waals surface area contributed by atoms with Crippen molar-refractivity contribution in [3.05, 3.63) is 98.1 Å². The second kappa shape index (κ2) is 12.8. The number of ether oxygens (including phenoxy) is 1. The number of nitrogens with one attached hydrogen (secondary N) is 1. The number of carbonyl (C=O) groups is 1. The summed E-state index contributed by atoms with van der Waals surface area (Å²) in [6.07, 6.45) is 1.41. The van der Waals surface area contributed by atoms with E-state index in [9.17, 15) is 14.0 Å². The molecule has 1 atom stereocenters. The molecule has 2 aromatic heterocycles. The summed E-state index contributed by atoms with van der Waals surface area (Å²) in [7, 11) is 0. The van der Waals surface area contributed by atoms with Gasteiger partial charge in [-0.3, -0.25) is 14.3 Å².